The number of nitrogens with one attached hydrogen (secondary N) is 1. The summed E-state index contributed by atoms with van der Waals surface area (Å²) in [7, 11) is 0. The molecule has 1 aromatic rings. The lowest BCUT2D eigenvalue weighted by atomic mass is 10.0. The Bertz CT molecular complexity index is 574. The van der Waals surface area contributed by atoms with Crippen LogP contribution in [0.1, 0.15) is 30.4 Å². The van der Waals surface area contributed by atoms with Gasteiger partial charge >= 0.3 is 0 Å². The summed E-state index contributed by atoms with van der Waals surface area (Å²) in [6.45, 7) is 6.39. The number of rotatable bonds is 2. The molecule has 2 fully saturated rings. The van der Waals surface area contributed by atoms with E-state index >= 15 is 0 Å². The number of amides is 1. The number of carbonyl (C=O) groups excluding carboxylic acids is 1. The van der Waals surface area contributed by atoms with Crippen molar-refractivity contribution in [1.29, 1.82) is 0 Å². The first-order valence-corrected chi connectivity index (χ1v) is 8.59. The summed E-state index contributed by atoms with van der Waals surface area (Å²) in [5, 5.41) is 3.40. The van der Waals surface area contributed by atoms with Gasteiger partial charge in [0.15, 0.2) is 0 Å². The molecule has 1 N–H and O–H groups in total. The summed E-state index contributed by atoms with van der Waals surface area (Å²) in [4.78, 5) is 17.3. The maximum absolute atomic E-state index is 12.7. The van der Waals surface area contributed by atoms with Crippen LogP contribution in [0.25, 0.3) is 0 Å². The van der Waals surface area contributed by atoms with Crippen LogP contribution in [0.5, 0.6) is 0 Å². The van der Waals surface area contributed by atoms with Gasteiger partial charge in [-0.15, -0.1) is 0 Å². The summed E-state index contributed by atoms with van der Waals surface area (Å²) in [5.74, 6) is 0.280. The van der Waals surface area contributed by atoms with Gasteiger partial charge in [0.25, 0.3) is 0 Å². The number of hydrogen-bond donors (Lipinski definition) is 1. The second-order valence-electron chi connectivity index (χ2n) is 7.06. The fraction of sp³-hybridized carbons (Fsp3) is 0.611. The minimum Gasteiger partial charge on any atom is -0.373 e. The molecule has 118 valence electrons. The topological polar surface area (TPSA) is 35.6 Å². The van der Waals surface area contributed by atoms with Crippen LogP contribution >= 0.6 is 0 Å². The zero-order valence-electron chi connectivity index (χ0n) is 13.3. The molecule has 0 aromatic heterocycles. The SMILES string of the molecule is Cc1ccc2c(c1)C[C@@H](C(=O)N1CC(N3CCCCC3)C1)N2. The number of aryl methyl sites for hydroxylation is 1. The predicted octanol–water partition coefficient (Wildman–Crippen LogP) is 2.03. The van der Waals surface area contributed by atoms with E-state index in [0.717, 1.165) is 25.2 Å². The molecule has 1 amide bonds. The number of fused-ring (bicyclic) bond motifs is 1. The van der Waals surface area contributed by atoms with E-state index in [1.165, 1.54) is 43.5 Å². The monoisotopic (exact) mass is 299 g/mol. The fourth-order valence-electron chi connectivity index (χ4n) is 4.01. The van der Waals surface area contributed by atoms with Crippen molar-refractivity contribution in [2.24, 2.45) is 0 Å². The molecule has 22 heavy (non-hydrogen) atoms. The van der Waals surface area contributed by atoms with Gasteiger partial charge < -0.3 is 10.2 Å². The van der Waals surface area contributed by atoms with Gasteiger partial charge in [0.2, 0.25) is 5.91 Å². The molecule has 0 bridgehead atoms. The van der Waals surface area contributed by atoms with Crippen LogP contribution in [0.2, 0.25) is 0 Å². The van der Waals surface area contributed by atoms with Gasteiger partial charge in [-0.05, 0) is 44.5 Å². The maximum atomic E-state index is 12.7. The zero-order chi connectivity index (χ0) is 15.1. The van der Waals surface area contributed by atoms with Gasteiger partial charge in [0, 0.05) is 31.2 Å². The van der Waals surface area contributed by atoms with Crippen molar-refractivity contribution < 1.29 is 4.79 Å². The molecule has 0 radical (unpaired) electrons. The van der Waals surface area contributed by atoms with Gasteiger partial charge in [-0.1, -0.05) is 24.1 Å². The van der Waals surface area contributed by atoms with Crippen LogP contribution in [0.15, 0.2) is 18.2 Å². The van der Waals surface area contributed by atoms with Crippen LogP contribution < -0.4 is 5.32 Å². The van der Waals surface area contributed by atoms with E-state index in [9.17, 15) is 4.79 Å². The molecule has 0 aliphatic carbocycles. The second-order valence-corrected chi connectivity index (χ2v) is 7.06. The number of nitrogens with zero attached hydrogens (tertiary/aromatic N) is 2. The molecule has 4 heteroatoms. The zero-order valence-corrected chi connectivity index (χ0v) is 13.3. The summed E-state index contributed by atoms with van der Waals surface area (Å²) in [5.41, 5.74) is 3.69. The minimum absolute atomic E-state index is 0.0564. The predicted molar refractivity (Wildman–Crippen MR) is 88.1 cm³/mol. The summed E-state index contributed by atoms with van der Waals surface area (Å²) in [6.07, 6.45) is 4.85. The summed E-state index contributed by atoms with van der Waals surface area (Å²) in [6, 6.07) is 6.95. The molecule has 0 spiro atoms. The number of carbonyl (C=O) groups is 1. The third-order valence-corrected chi connectivity index (χ3v) is 5.39. The van der Waals surface area contributed by atoms with Crippen LogP contribution in [0.3, 0.4) is 0 Å². The molecular formula is C18H25N3O. The van der Waals surface area contributed by atoms with E-state index < -0.39 is 0 Å². The lowest BCUT2D eigenvalue weighted by Gasteiger charge is -2.47. The highest BCUT2D eigenvalue weighted by molar-refractivity contribution is 5.88. The third-order valence-electron chi connectivity index (χ3n) is 5.39. The lowest BCUT2D eigenvalue weighted by Crippen LogP contribution is -2.63. The lowest BCUT2D eigenvalue weighted by molar-refractivity contribution is -0.139. The molecule has 4 rings (SSSR count). The van der Waals surface area contributed by atoms with Gasteiger partial charge in [0.05, 0.1) is 0 Å². The summed E-state index contributed by atoms with van der Waals surface area (Å²) < 4.78 is 0. The van der Waals surface area contributed by atoms with Crippen molar-refractivity contribution >= 4 is 11.6 Å². The number of likely N-dealkylation sites (tertiary alicyclic amines) is 2. The van der Waals surface area contributed by atoms with Crippen molar-refractivity contribution in [2.75, 3.05) is 31.5 Å². The van der Waals surface area contributed by atoms with Gasteiger partial charge in [0.1, 0.15) is 6.04 Å². The number of benzene rings is 1. The van der Waals surface area contributed by atoms with E-state index in [1.54, 1.807) is 0 Å². The highest BCUT2D eigenvalue weighted by Gasteiger charge is 2.39. The van der Waals surface area contributed by atoms with E-state index in [0.29, 0.717) is 6.04 Å². The summed E-state index contributed by atoms with van der Waals surface area (Å²) >= 11 is 0. The first-order valence-electron chi connectivity index (χ1n) is 8.59. The van der Waals surface area contributed by atoms with E-state index in [4.69, 9.17) is 0 Å². The standard InChI is InChI=1S/C18H25N3O/c1-13-5-6-16-14(9-13)10-17(19-16)18(22)21-11-15(12-21)20-7-3-2-4-8-20/h5-6,9,15,17,19H,2-4,7-8,10-12H2,1H3/t17-/m0/s1. The highest BCUT2D eigenvalue weighted by Crippen LogP contribution is 2.29. The number of anilines is 1. The van der Waals surface area contributed by atoms with Crippen LogP contribution in [-0.2, 0) is 11.2 Å². The molecule has 1 atom stereocenters. The molecule has 3 heterocycles. The van der Waals surface area contributed by atoms with Crippen molar-refractivity contribution in [1.82, 2.24) is 9.80 Å². The Morgan fingerprint density at radius 2 is 1.95 bits per heavy atom. The van der Waals surface area contributed by atoms with Gasteiger partial charge in [-0.25, -0.2) is 0 Å². The molecule has 4 nitrogen and oxygen atoms in total. The van der Waals surface area contributed by atoms with Crippen LogP contribution in [-0.4, -0.2) is 54.0 Å². The van der Waals surface area contributed by atoms with Crippen LogP contribution in [0, 0.1) is 6.92 Å². The Balaban J connectivity index is 1.33. The molecular weight excluding hydrogens is 274 g/mol. The largest absolute Gasteiger partial charge is 0.373 e. The Hall–Kier alpha value is -1.55. The van der Waals surface area contributed by atoms with Crippen molar-refractivity contribution in [3.8, 4) is 0 Å². The fourth-order valence-corrected chi connectivity index (χ4v) is 4.01. The molecule has 1 aromatic carbocycles. The Labute approximate surface area is 132 Å². The smallest absolute Gasteiger partial charge is 0.245 e. The van der Waals surface area contributed by atoms with Gasteiger partial charge in [-0.3, -0.25) is 9.69 Å². The first kappa shape index (κ1) is 14.1. The highest BCUT2D eigenvalue weighted by atomic mass is 16.2. The molecule has 3 aliphatic heterocycles. The number of hydrogen-bond acceptors (Lipinski definition) is 3. The van der Waals surface area contributed by atoms with Gasteiger partial charge in [-0.2, -0.15) is 0 Å². The van der Waals surface area contributed by atoms with Crippen molar-refractivity contribution in [2.45, 2.75) is 44.7 Å². The Kier molecular flexibility index (Phi) is 3.57. The number of piperidine rings is 1. The van der Waals surface area contributed by atoms with Crippen LogP contribution in [0.4, 0.5) is 5.69 Å². The van der Waals surface area contributed by atoms with Crippen molar-refractivity contribution in [3.63, 3.8) is 0 Å². The van der Waals surface area contributed by atoms with E-state index in [1.807, 2.05) is 4.90 Å². The van der Waals surface area contributed by atoms with E-state index in [2.05, 4.69) is 35.3 Å². The third kappa shape index (κ3) is 2.50. The molecule has 0 unspecified atom stereocenters. The molecule has 0 saturated carbocycles. The quantitative estimate of drug-likeness (QED) is 0.907. The average Bonchev–Trinajstić information content (AvgIpc) is 2.89. The maximum Gasteiger partial charge on any atom is 0.245 e. The first-order chi connectivity index (χ1) is 10.7. The average molecular weight is 299 g/mol. The molecule has 3 aliphatic rings. The van der Waals surface area contributed by atoms with E-state index in [-0.39, 0.29) is 11.9 Å². The minimum atomic E-state index is -0.0564. The second kappa shape index (κ2) is 5.58. The Morgan fingerprint density at radius 3 is 2.73 bits per heavy atom. The molecule has 2 saturated heterocycles. The normalized spacial score (nSPS) is 25.5. The van der Waals surface area contributed by atoms with Crippen molar-refractivity contribution in [3.05, 3.63) is 29.3 Å². The Morgan fingerprint density at radius 1 is 1.18 bits per heavy atom.